The lowest BCUT2D eigenvalue weighted by molar-refractivity contribution is -0.118. The second-order valence-electron chi connectivity index (χ2n) is 4.91. The van der Waals surface area contributed by atoms with Crippen LogP contribution in [0.25, 0.3) is 11.6 Å². The highest BCUT2D eigenvalue weighted by molar-refractivity contribution is 7.99. The zero-order valence-corrected chi connectivity index (χ0v) is 14.0. The molecular weight excluding hydrogens is 326 g/mol. The molecule has 124 valence electrons. The van der Waals surface area contributed by atoms with Gasteiger partial charge in [-0.3, -0.25) is 14.3 Å². The second kappa shape index (κ2) is 7.78. The van der Waals surface area contributed by atoms with Crippen molar-refractivity contribution in [3.63, 3.8) is 0 Å². The molecule has 24 heavy (non-hydrogen) atoms. The first-order valence-corrected chi connectivity index (χ1v) is 8.53. The van der Waals surface area contributed by atoms with Gasteiger partial charge in [0, 0.05) is 12.7 Å². The fourth-order valence-corrected chi connectivity index (χ4v) is 2.97. The van der Waals surface area contributed by atoms with Gasteiger partial charge in [-0.1, -0.05) is 17.8 Å². The molecule has 0 aliphatic heterocycles. The van der Waals surface area contributed by atoms with Crippen LogP contribution >= 0.6 is 11.8 Å². The Bertz CT molecular complexity index is 786. The number of nitrogens with zero attached hydrogens (tertiary/aromatic N) is 4. The maximum absolute atomic E-state index is 12.0. The molecular formula is C16H17N5O2S. The van der Waals surface area contributed by atoms with Crippen LogP contribution in [0, 0.1) is 0 Å². The number of pyridine rings is 1. The standard InChI is InChI=1S/C16H17N5O2S/c1-2-21-15(13-7-5-9-23-13)19-20-16(21)24-11-14(22)18-10-12-6-3-4-8-17-12/h3-9H,2,10-11H2,1H3,(H,18,22). The Kier molecular flexibility index (Phi) is 5.27. The van der Waals surface area contributed by atoms with Crippen LogP contribution in [0.5, 0.6) is 0 Å². The molecule has 0 saturated heterocycles. The predicted octanol–water partition coefficient (Wildman–Crippen LogP) is 2.36. The number of furan rings is 1. The van der Waals surface area contributed by atoms with Crippen molar-refractivity contribution >= 4 is 17.7 Å². The molecule has 8 heteroatoms. The Morgan fingerprint density at radius 3 is 2.92 bits per heavy atom. The van der Waals surface area contributed by atoms with E-state index in [1.807, 2.05) is 41.8 Å². The summed E-state index contributed by atoms with van der Waals surface area (Å²) in [6.45, 7) is 3.11. The van der Waals surface area contributed by atoms with E-state index in [0.29, 0.717) is 29.8 Å². The third-order valence-corrected chi connectivity index (χ3v) is 4.27. The minimum Gasteiger partial charge on any atom is -0.461 e. The molecule has 0 aromatic carbocycles. The normalized spacial score (nSPS) is 10.7. The molecule has 0 aliphatic carbocycles. The molecule has 0 spiro atoms. The van der Waals surface area contributed by atoms with Gasteiger partial charge < -0.3 is 9.73 Å². The number of amides is 1. The highest BCUT2D eigenvalue weighted by atomic mass is 32.2. The van der Waals surface area contributed by atoms with Crippen molar-refractivity contribution in [1.82, 2.24) is 25.1 Å². The van der Waals surface area contributed by atoms with Gasteiger partial charge in [0.15, 0.2) is 16.7 Å². The summed E-state index contributed by atoms with van der Waals surface area (Å²) in [6.07, 6.45) is 3.30. The third kappa shape index (κ3) is 3.83. The molecule has 0 atom stereocenters. The summed E-state index contributed by atoms with van der Waals surface area (Å²) in [5.41, 5.74) is 0.827. The Hall–Kier alpha value is -2.61. The highest BCUT2D eigenvalue weighted by Gasteiger charge is 2.16. The molecule has 1 N–H and O–H groups in total. The number of hydrogen-bond acceptors (Lipinski definition) is 6. The number of hydrogen-bond donors (Lipinski definition) is 1. The fraction of sp³-hybridized carbons (Fsp3) is 0.250. The number of carbonyl (C=O) groups is 1. The van der Waals surface area contributed by atoms with Gasteiger partial charge in [-0.05, 0) is 31.2 Å². The lowest BCUT2D eigenvalue weighted by atomic mass is 10.3. The largest absolute Gasteiger partial charge is 0.461 e. The van der Waals surface area contributed by atoms with Gasteiger partial charge in [0.05, 0.1) is 24.3 Å². The smallest absolute Gasteiger partial charge is 0.230 e. The first-order chi connectivity index (χ1) is 11.8. The van der Waals surface area contributed by atoms with Crippen molar-refractivity contribution in [2.75, 3.05) is 5.75 Å². The predicted molar refractivity (Wildman–Crippen MR) is 90.2 cm³/mol. The first kappa shape index (κ1) is 16.3. The zero-order chi connectivity index (χ0) is 16.8. The van der Waals surface area contributed by atoms with Crippen LogP contribution in [0.3, 0.4) is 0 Å². The average molecular weight is 343 g/mol. The SMILES string of the molecule is CCn1c(SCC(=O)NCc2ccccn2)nnc1-c1ccco1. The lowest BCUT2D eigenvalue weighted by Gasteiger charge is -2.06. The van der Waals surface area contributed by atoms with Crippen LogP contribution < -0.4 is 5.32 Å². The van der Waals surface area contributed by atoms with E-state index in [-0.39, 0.29) is 11.7 Å². The molecule has 0 unspecified atom stereocenters. The van der Waals surface area contributed by atoms with Crippen molar-refractivity contribution < 1.29 is 9.21 Å². The van der Waals surface area contributed by atoms with Gasteiger partial charge >= 0.3 is 0 Å². The summed E-state index contributed by atoms with van der Waals surface area (Å²) in [6, 6.07) is 9.25. The Balaban J connectivity index is 1.57. The van der Waals surface area contributed by atoms with E-state index in [9.17, 15) is 4.79 Å². The summed E-state index contributed by atoms with van der Waals surface area (Å²) in [7, 11) is 0. The van der Waals surface area contributed by atoms with Gasteiger partial charge in [-0.2, -0.15) is 0 Å². The Morgan fingerprint density at radius 2 is 2.21 bits per heavy atom. The van der Waals surface area contributed by atoms with Crippen LogP contribution in [0.2, 0.25) is 0 Å². The lowest BCUT2D eigenvalue weighted by Crippen LogP contribution is -2.25. The molecule has 1 amide bonds. The number of rotatable bonds is 7. The van der Waals surface area contributed by atoms with E-state index in [4.69, 9.17) is 4.42 Å². The molecule has 0 fully saturated rings. The minimum absolute atomic E-state index is 0.0733. The summed E-state index contributed by atoms with van der Waals surface area (Å²) in [4.78, 5) is 16.2. The summed E-state index contributed by atoms with van der Waals surface area (Å²) < 4.78 is 7.30. The molecule has 0 bridgehead atoms. The second-order valence-corrected chi connectivity index (χ2v) is 5.86. The minimum atomic E-state index is -0.0733. The van der Waals surface area contributed by atoms with Gasteiger partial charge in [0.2, 0.25) is 5.91 Å². The molecule has 0 saturated carbocycles. The third-order valence-electron chi connectivity index (χ3n) is 3.30. The maximum atomic E-state index is 12.0. The summed E-state index contributed by atoms with van der Waals surface area (Å²) in [5.74, 6) is 1.52. The quantitative estimate of drug-likeness (QED) is 0.663. The molecule has 0 radical (unpaired) electrons. The van der Waals surface area contributed by atoms with E-state index >= 15 is 0 Å². The average Bonchev–Trinajstić information content (AvgIpc) is 3.27. The molecule has 0 aliphatic rings. The fourth-order valence-electron chi connectivity index (χ4n) is 2.14. The summed E-state index contributed by atoms with van der Waals surface area (Å²) in [5, 5.41) is 11.8. The first-order valence-electron chi connectivity index (χ1n) is 7.54. The maximum Gasteiger partial charge on any atom is 0.230 e. The molecule has 7 nitrogen and oxygen atoms in total. The van der Waals surface area contributed by atoms with E-state index in [1.165, 1.54) is 11.8 Å². The monoisotopic (exact) mass is 343 g/mol. The van der Waals surface area contributed by atoms with Crippen molar-refractivity contribution in [1.29, 1.82) is 0 Å². The van der Waals surface area contributed by atoms with Crippen molar-refractivity contribution in [3.05, 3.63) is 48.5 Å². The molecule has 3 aromatic rings. The van der Waals surface area contributed by atoms with Crippen LogP contribution in [-0.2, 0) is 17.9 Å². The van der Waals surface area contributed by atoms with Crippen molar-refractivity contribution in [2.45, 2.75) is 25.2 Å². The van der Waals surface area contributed by atoms with Gasteiger partial charge in [0.1, 0.15) is 0 Å². The Morgan fingerprint density at radius 1 is 1.29 bits per heavy atom. The van der Waals surface area contributed by atoms with Crippen molar-refractivity contribution in [3.8, 4) is 11.6 Å². The van der Waals surface area contributed by atoms with Crippen LogP contribution in [0.1, 0.15) is 12.6 Å². The van der Waals surface area contributed by atoms with Crippen LogP contribution in [-0.4, -0.2) is 31.4 Å². The van der Waals surface area contributed by atoms with E-state index in [0.717, 1.165) is 5.69 Å². The van der Waals surface area contributed by atoms with E-state index < -0.39 is 0 Å². The van der Waals surface area contributed by atoms with Gasteiger partial charge in [-0.15, -0.1) is 10.2 Å². The number of thioether (sulfide) groups is 1. The van der Waals surface area contributed by atoms with Crippen LogP contribution in [0.15, 0.2) is 52.4 Å². The molecule has 3 rings (SSSR count). The van der Waals surface area contributed by atoms with Gasteiger partial charge in [0.25, 0.3) is 0 Å². The van der Waals surface area contributed by atoms with Crippen LogP contribution in [0.4, 0.5) is 0 Å². The summed E-state index contributed by atoms with van der Waals surface area (Å²) >= 11 is 1.35. The number of aromatic nitrogens is 4. The van der Waals surface area contributed by atoms with E-state index in [2.05, 4.69) is 20.5 Å². The zero-order valence-electron chi connectivity index (χ0n) is 13.2. The van der Waals surface area contributed by atoms with E-state index in [1.54, 1.807) is 12.5 Å². The number of carbonyl (C=O) groups excluding carboxylic acids is 1. The highest BCUT2D eigenvalue weighted by Crippen LogP contribution is 2.23. The topological polar surface area (TPSA) is 85.8 Å². The number of nitrogens with one attached hydrogen (secondary N) is 1. The Labute approximate surface area is 143 Å². The van der Waals surface area contributed by atoms with Gasteiger partial charge in [-0.25, -0.2) is 0 Å². The molecule has 3 aromatic heterocycles. The van der Waals surface area contributed by atoms with Crippen molar-refractivity contribution in [2.24, 2.45) is 0 Å². The molecule has 3 heterocycles.